The summed E-state index contributed by atoms with van der Waals surface area (Å²) in [6.07, 6.45) is 2.34. The van der Waals surface area contributed by atoms with Crippen molar-refractivity contribution in [1.82, 2.24) is 9.88 Å². The third kappa shape index (κ3) is 6.66. The Kier molecular flexibility index (Phi) is 7.44. The van der Waals surface area contributed by atoms with Crippen molar-refractivity contribution in [3.05, 3.63) is 84.1 Å². The molecule has 1 aliphatic rings. The first-order valence-electron chi connectivity index (χ1n) is 12.1. The SMILES string of the molecule is CC(C)(C)OC(=O)N1CCC(Nc2ccnc(N(Cc3ccccc3)Cc3ccccc3)c2N)C1. The summed E-state index contributed by atoms with van der Waals surface area (Å²) in [6.45, 7) is 8.24. The summed E-state index contributed by atoms with van der Waals surface area (Å²) in [7, 11) is 0. The summed E-state index contributed by atoms with van der Waals surface area (Å²) in [5, 5.41) is 3.54. The molecule has 1 amide bonds. The van der Waals surface area contributed by atoms with Gasteiger partial charge in [0.15, 0.2) is 5.82 Å². The fourth-order valence-corrected chi connectivity index (χ4v) is 4.24. The second-order valence-corrected chi connectivity index (χ2v) is 9.98. The van der Waals surface area contributed by atoms with Gasteiger partial charge in [-0.1, -0.05) is 60.7 Å². The van der Waals surface area contributed by atoms with Crippen LogP contribution in [0.2, 0.25) is 0 Å². The molecule has 3 aromatic rings. The molecule has 1 aromatic heterocycles. The van der Waals surface area contributed by atoms with Crippen LogP contribution in [0.15, 0.2) is 72.9 Å². The van der Waals surface area contributed by atoms with E-state index in [1.54, 1.807) is 11.1 Å². The van der Waals surface area contributed by atoms with Crippen molar-refractivity contribution in [1.29, 1.82) is 0 Å². The molecule has 1 fully saturated rings. The van der Waals surface area contributed by atoms with Crippen molar-refractivity contribution < 1.29 is 9.53 Å². The molecule has 0 bridgehead atoms. The highest BCUT2D eigenvalue weighted by molar-refractivity contribution is 5.78. The Morgan fingerprint density at radius 2 is 1.66 bits per heavy atom. The zero-order valence-electron chi connectivity index (χ0n) is 20.8. The number of nitrogens with two attached hydrogens (primary N) is 1. The van der Waals surface area contributed by atoms with Crippen LogP contribution in [0.25, 0.3) is 0 Å². The molecule has 3 N–H and O–H groups in total. The Labute approximate surface area is 207 Å². The summed E-state index contributed by atoms with van der Waals surface area (Å²) in [6, 6.07) is 22.6. The number of rotatable bonds is 7. The molecule has 1 aliphatic heterocycles. The maximum atomic E-state index is 12.5. The van der Waals surface area contributed by atoms with Crippen LogP contribution in [0.3, 0.4) is 0 Å². The van der Waals surface area contributed by atoms with Crippen LogP contribution >= 0.6 is 0 Å². The van der Waals surface area contributed by atoms with E-state index in [2.05, 4.69) is 39.5 Å². The quantitative estimate of drug-likeness (QED) is 0.485. The fraction of sp³-hybridized carbons (Fsp3) is 0.357. The molecule has 4 rings (SSSR count). The van der Waals surface area contributed by atoms with Gasteiger partial charge in [-0.25, -0.2) is 9.78 Å². The van der Waals surface area contributed by atoms with Crippen LogP contribution in [0.1, 0.15) is 38.3 Å². The van der Waals surface area contributed by atoms with Crippen molar-refractivity contribution in [2.75, 3.05) is 29.0 Å². The van der Waals surface area contributed by atoms with Crippen LogP contribution in [-0.4, -0.2) is 40.7 Å². The lowest BCUT2D eigenvalue weighted by Crippen LogP contribution is -2.36. The Balaban J connectivity index is 1.51. The largest absolute Gasteiger partial charge is 0.444 e. The standard InChI is InChI=1S/C28H35N5O2/c1-28(2,3)35-27(34)32-17-15-23(20-32)31-24-14-16-30-26(25(24)29)33(18-21-10-6-4-7-11-21)19-22-12-8-5-9-13-22/h4-14,16,23H,15,17-20,29H2,1-3H3,(H,30,31). The van der Waals surface area contributed by atoms with E-state index in [9.17, 15) is 4.79 Å². The second-order valence-electron chi connectivity index (χ2n) is 9.98. The van der Waals surface area contributed by atoms with Gasteiger partial charge < -0.3 is 25.6 Å². The van der Waals surface area contributed by atoms with E-state index >= 15 is 0 Å². The van der Waals surface area contributed by atoms with Gasteiger partial charge in [0.1, 0.15) is 5.60 Å². The molecular weight excluding hydrogens is 438 g/mol. The number of nitrogens with one attached hydrogen (secondary N) is 1. The normalized spacial score (nSPS) is 15.6. The number of likely N-dealkylation sites (tertiary alicyclic amines) is 1. The lowest BCUT2D eigenvalue weighted by molar-refractivity contribution is 0.0293. The van der Waals surface area contributed by atoms with Gasteiger partial charge in [-0.3, -0.25) is 0 Å². The highest BCUT2D eigenvalue weighted by atomic mass is 16.6. The topological polar surface area (TPSA) is 83.7 Å². The summed E-state index contributed by atoms with van der Waals surface area (Å²) in [5.41, 5.74) is 9.98. The first-order chi connectivity index (χ1) is 16.8. The minimum Gasteiger partial charge on any atom is -0.444 e. The first kappa shape index (κ1) is 24.4. The average Bonchev–Trinajstić information content (AvgIpc) is 3.29. The highest BCUT2D eigenvalue weighted by Crippen LogP contribution is 2.32. The van der Waals surface area contributed by atoms with Crippen molar-refractivity contribution in [2.45, 2.75) is 51.9 Å². The number of carbonyl (C=O) groups is 1. The lowest BCUT2D eigenvalue weighted by atomic mass is 10.1. The molecule has 0 radical (unpaired) electrons. The molecule has 2 aromatic carbocycles. The van der Waals surface area contributed by atoms with Crippen LogP contribution < -0.4 is 16.0 Å². The number of aromatic nitrogens is 1. The van der Waals surface area contributed by atoms with Gasteiger partial charge in [0, 0.05) is 38.4 Å². The molecule has 0 saturated carbocycles. The van der Waals surface area contributed by atoms with Gasteiger partial charge >= 0.3 is 6.09 Å². The number of ether oxygens (including phenoxy) is 1. The monoisotopic (exact) mass is 473 g/mol. The molecule has 184 valence electrons. The second kappa shape index (κ2) is 10.7. The molecule has 35 heavy (non-hydrogen) atoms. The Bertz CT molecular complexity index is 1070. The van der Waals surface area contributed by atoms with Gasteiger partial charge in [0.25, 0.3) is 0 Å². The lowest BCUT2D eigenvalue weighted by Gasteiger charge is -2.27. The summed E-state index contributed by atoms with van der Waals surface area (Å²) in [4.78, 5) is 21.1. The molecule has 1 atom stereocenters. The third-order valence-electron chi connectivity index (χ3n) is 5.90. The predicted octanol–water partition coefficient (Wildman–Crippen LogP) is 5.29. The number of nitrogens with zero attached hydrogens (tertiary/aromatic N) is 3. The maximum absolute atomic E-state index is 12.5. The van der Waals surface area contributed by atoms with Gasteiger partial charge in [-0.2, -0.15) is 0 Å². The highest BCUT2D eigenvalue weighted by Gasteiger charge is 2.30. The summed E-state index contributed by atoms with van der Waals surface area (Å²) < 4.78 is 5.53. The van der Waals surface area contributed by atoms with E-state index in [4.69, 9.17) is 10.5 Å². The minimum absolute atomic E-state index is 0.0942. The third-order valence-corrected chi connectivity index (χ3v) is 5.90. The van der Waals surface area contributed by atoms with E-state index in [0.29, 0.717) is 31.9 Å². The van der Waals surface area contributed by atoms with E-state index in [1.807, 2.05) is 63.2 Å². The minimum atomic E-state index is -0.506. The zero-order chi connectivity index (χ0) is 24.8. The number of anilines is 3. The fourth-order valence-electron chi connectivity index (χ4n) is 4.24. The van der Waals surface area contributed by atoms with Crippen molar-refractivity contribution >= 4 is 23.3 Å². The van der Waals surface area contributed by atoms with Crippen LogP contribution in [-0.2, 0) is 17.8 Å². The van der Waals surface area contributed by atoms with Crippen molar-refractivity contribution in [2.24, 2.45) is 0 Å². The number of carbonyl (C=O) groups excluding carboxylic acids is 1. The van der Waals surface area contributed by atoms with Gasteiger partial charge in [0.2, 0.25) is 0 Å². The Morgan fingerprint density at radius 3 is 2.23 bits per heavy atom. The maximum Gasteiger partial charge on any atom is 0.410 e. The number of hydrogen-bond acceptors (Lipinski definition) is 6. The van der Waals surface area contributed by atoms with Crippen LogP contribution in [0, 0.1) is 0 Å². The zero-order valence-corrected chi connectivity index (χ0v) is 20.8. The van der Waals surface area contributed by atoms with Gasteiger partial charge in [-0.05, 0) is 44.4 Å². The molecule has 0 aliphatic carbocycles. The van der Waals surface area contributed by atoms with Crippen molar-refractivity contribution in [3.8, 4) is 0 Å². The van der Waals surface area contributed by atoms with E-state index in [0.717, 1.165) is 17.9 Å². The first-order valence-corrected chi connectivity index (χ1v) is 12.1. The van der Waals surface area contributed by atoms with E-state index in [-0.39, 0.29) is 12.1 Å². The summed E-state index contributed by atoms with van der Waals surface area (Å²) in [5.74, 6) is 0.740. The summed E-state index contributed by atoms with van der Waals surface area (Å²) >= 11 is 0. The number of pyridine rings is 1. The molecule has 2 heterocycles. The smallest absolute Gasteiger partial charge is 0.410 e. The Morgan fingerprint density at radius 1 is 1.06 bits per heavy atom. The molecular formula is C28H35N5O2. The number of amides is 1. The molecule has 7 heteroatoms. The van der Waals surface area contributed by atoms with Crippen LogP contribution in [0.5, 0.6) is 0 Å². The molecule has 0 spiro atoms. The van der Waals surface area contributed by atoms with E-state index < -0.39 is 5.60 Å². The predicted molar refractivity (Wildman–Crippen MR) is 141 cm³/mol. The van der Waals surface area contributed by atoms with E-state index in [1.165, 1.54) is 11.1 Å². The molecule has 1 unspecified atom stereocenters. The number of nitrogen functional groups attached to an aromatic ring is 1. The van der Waals surface area contributed by atoms with Crippen LogP contribution in [0.4, 0.5) is 22.0 Å². The Hall–Kier alpha value is -3.74. The average molecular weight is 474 g/mol. The molecule has 7 nitrogen and oxygen atoms in total. The van der Waals surface area contributed by atoms with Gasteiger partial charge in [-0.15, -0.1) is 0 Å². The number of benzene rings is 2. The van der Waals surface area contributed by atoms with Crippen molar-refractivity contribution in [3.63, 3.8) is 0 Å². The number of hydrogen-bond donors (Lipinski definition) is 2. The van der Waals surface area contributed by atoms with Gasteiger partial charge in [0.05, 0.1) is 11.4 Å². The molecule has 1 saturated heterocycles.